The highest BCUT2D eigenvalue weighted by atomic mass is 16.5. The van der Waals surface area contributed by atoms with Gasteiger partial charge in [-0.15, -0.1) is 0 Å². The molecule has 0 radical (unpaired) electrons. The number of aryl methyl sites for hydroxylation is 1. The van der Waals surface area contributed by atoms with Crippen molar-refractivity contribution in [2.45, 2.75) is 13.5 Å². The lowest BCUT2D eigenvalue weighted by Gasteiger charge is -2.08. The van der Waals surface area contributed by atoms with Crippen molar-refractivity contribution < 1.29 is 14.3 Å². The van der Waals surface area contributed by atoms with Crippen LogP contribution in [-0.4, -0.2) is 41.1 Å². The number of aromatic amines is 1. The van der Waals surface area contributed by atoms with Crippen molar-refractivity contribution in [2.24, 2.45) is 5.10 Å². The van der Waals surface area contributed by atoms with Crippen LogP contribution in [0.3, 0.4) is 0 Å². The van der Waals surface area contributed by atoms with Crippen LogP contribution in [0.5, 0.6) is 11.5 Å². The molecule has 0 fully saturated rings. The Morgan fingerprint density at radius 1 is 1.03 bits per heavy atom. The number of para-hydroxylation sites is 1. The second-order valence-electron chi connectivity index (χ2n) is 7.97. The standard InChI is InChI=1S/C27H25N5O3/c1-4-32-24-8-6-5-7-19(24)20-13-17(9-11-25(20)32)16-28-31-27(33)23-15-22(29-30-23)21-14-18(34-2)10-12-26(21)35-3/h5-16H,4H2,1-3H3,(H,29,30)(H,31,33). The first-order valence-corrected chi connectivity index (χ1v) is 11.2. The molecule has 8 heteroatoms. The fourth-order valence-electron chi connectivity index (χ4n) is 4.31. The summed E-state index contributed by atoms with van der Waals surface area (Å²) in [7, 11) is 3.17. The average Bonchev–Trinajstić information content (AvgIpc) is 3.51. The number of aromatic nitrogens is 3. The van der Waals surface area contributed by atoms with E-state index >= 15 is 0 Å². The number of methoxy groups -OCH3 is 2. The zero-order valence-corrected chi connectivity index (χ0v) is 19.7. The molecule has 35 heavy (non-hydrogen) atoms. The Hall–Kier alpha value is -4.59. The van der Waals surface area contributed by atoms with Crippen molar-refractivity contribution in [1.82, 2.24) is 20.2 Å². The van der Waals surface area contributed by atoms with Crippen LogP contribution in [0.25, 0.3) is 33.1 Å². The molecule has 0 aliphatic heterocycles. The SMILES string of the molecule is CCn1c2ccccc2c2cc(C=NNC(=O)c3cc(-c4cc(OC)ccc4OC)n[nH]3)ccc21. The van der Waals surface area contributed by atoms with E-state index < -0.39 is 5.91 Å². The zero-order chi connectivity index (χ0) is 24.4. The van der Waals surface area contributed by atoms with Crippen LogP contribution in [0.1, 0.15) is 23.0 Å². The monoisotopic (exact) mass is 467 g/mol. The Morgan fingerprint density at radius 3 is 2.66 bits per heavy atom. The second kappa shape index (κ2) is 9.34. The van der Waals surface area contributed by atoms with E-state index in [1.807, 2.05) is 12.1 Å². The highest BCUT2D eigenvalue weighted by Crippen LogP contribution is 2.32. The number of carbonyl (C=O) groups is 1. The van der Waals surface area contributed by atoms with Gasteiger partial charge in [0.25, 0.3) is 5.91 Å². The van der Waals surface area contributed by atoms with Gasteiger partial charge < -0.3 is 14.0 Å². The van der Waals surface area contributed by atoms with Gasteiger partial charge in [0, 0.05) is 33.9 Å². The largest absolute Gasteiger partial charge is 0.497 e. The van der Waals surface area contributed by atoms with Gasteiger partial charge in [0.1, 0.15) is 17.2 Å². The number of H-pyrrole nitrogens is 1. The summed E-state index contributed by atoms with van der Waals surface area (Å²) in [5.41, 5.74) is 7.39. The lowest BCUT2D eigenvalue weighted by Crippen LogP contribution is -2.18. The topological polar surface area (TPSA) is 93.5 Å². The van der Waals surface area contributed by atoms with Crippen molar-refractivity contribution in [3.63, 3.8) is 0 Å². The van der Waals surface area contributed by atoms with Crippen molar-refractivity contribution in [3.8, 4) is 22.8 Å². The second-order valence-corrected chi connectivity index (χ2v) is 7.97. The van der Waals surface area contributed by atoms with Crippen molar-refractivity contribution in [2.75, 3.05) is 14.2 Å². The summed E-state index contributed by atoms with van der Waals surface area (Å²) in [6.07, 6.45) is 1.64. The lowest BCUT2D eigenvalue weighted by atomic mass is 10.1. The maximum atomic E-state index is 12.6. The third kappa shape index (κ3) is 4.10. The van der Waals surface area contributed by atoms with E-state index in [1.165, 1.54) is 16.4 Å². The molecular formula is C27H25N5O3. The van der Waals surface area contributed by atoms with E-state index in [0.29, 0.717) is 22.8 Å². The van der Waals surface area contributed by atoms with E-state index in [9.17, 15) is 4.79 Å². The van der Waals surface area contributed by atoms with Crippen LogP contribution in [0, 0.1) is 0 Å². The van der Waals surface area contributed by atoms with E-state index in [-0.39, 0.29) is 5.69 Å². The first kappa shape index (κ1) is 22.2. The molecule has 5 aromatic rings. The zero-order valence-electron chi connectivity index (χ0n) is 19.7. The lowest BCUT2D eigenvalue weighted by molar-refractivity contribution is 0.0950. The first-order valence-electron chi connectivity index (χ1n) is 11.2. The number of ether oxygens (including phenoxy) is 2. The minimum Gasteiger partial charge on any atom is -0.497 e. The molecule has 0 spiro atoms. The van der Waals surface area contributed by atoms with Gasteiger partial charge in [0.2, 0.25) is 0 Å². The molecule has 2 aromatic heterocycles. The number of nitrogens with one attached hydrogen (secondary N) is 2. The number of benzene rings is 3. The van der Waals surface area contributed by atoms with Crippen molar-refractivity contribution >= 4 is 33.9 Å². The van der Waals surface area contributed by atoms with Gasteiger partial charge in [-0.2, -0.15) is 10.2 Å². The van der Waals surface area contributed by atoms with Gasteiger partial charge >= 0.3 is 0 Å². The predicted octanol–water partition coefficient (Wildman–Crippen LogP) is 4.99. The summed E-state index contributed by atoms with van der Waals surface area (Å²) >= 11 is 0. The van der Waals surface area contributed by atoms with Crippen LogP contribution in [0.15, 0.2) is 71.8 Å². The van der Waals surface area contributed by atoms with E-state index in [0.717, 1.165) is 17.5 Å². The van der Waals surface area contributed by atoms with Gasteiger partial charge in [-0.25, -0.2) is 5.43 Å². The molecule has 0 atom stereocenters. The number of rotatable bonds is 7. The number of hydrogen-bond donors (Lipinski definition) is 2. The normalized spacial score (nSPS) is 11.4. The van der Waals surface area contributed by atoms with Crippen LogP contribution in [0.2, 0.25) is 0 Å². The molecule has 5 rings (SSSR count). The summed E-state index contributed by atoms with van der Waals surface area (Å²) in [4.78, 5) is 12.6. The third-order valence-corrected chi connectivity index (χ3v) is 6.00. The minimum absolute atomic E-state index is 0.281. The Balaban J connectivity index is 1.35. The fraction of sp³-hybridized carbons (Fsp3) is 0.148. The summed E-state index contributed by atoms with van der Waals surface area (Å²) < 4.78 is 13.0. The number of amides is 1. The summed E-state index contributed by atoms with van der Waals surface area (Å²) in [5, 5.41) is 13.5. The van der Waals surface area contributed by atoms with Gasteiger partial charge in [-0.1, -0.05) is 24.3 Å². The molecule has 0 aliphatic carbocycles. The van der Waals surface area contributed by atoms with Gasteiger partial charge in [-0.05, 0) is 55.0 Å². The molecule has 0 bridgehead atoms. The quantitative estimate of drug-likeness (QED) is 0.261. The predicted molar refractivity (Wildman–Crippen MR) is 137 cm³/mol. The maximum absolute atomic E-state index is 12.6. The number of hydrogen-bond acceptors (Lipinski definition) is 5. The average molecular weight is 468 g/mol. The van der Waals surface area contributed by atoms with Gasteiger partial charge in [0.05, 0.1) is 26.1 Å². The van der Waals surface area contributed by atoms with Crippen LogP contribution < -0.4 is 14.9 Å². The number of fused-ring (bicyclic) bond motifs is 3. The van der Waals surface area contributed by atoms with Gasteiger partial charge in [-0.3, -0.25) is 9.89 Å². The summed E-state index contributed by atoms with van der Waals surface area (Å²) in [6, 6.07) is 21.6. The van der Waals surface area contributed by atoms with Crippen LogP contribution in [0.4, 0.5) is 0 Å². The van der Waals surface area contributed by atoms with E-state index in [4.69, 9.17) is 9.47 Å². The number of hydrazone groups is 1. The fourth-order valence-corrected chi connectivity index (χ4v) is 4.31. The van der Waals surface area contributed by atoms with Crippen molar-refractivity contribution in [3.05, 3.63) is 78.0 Å². The maximum Gasteiger partial charge on any atom is 0.289 e. The number of nitrogens with zero attached hydrogens (tertiary/aromatic N) is 3. The summed E-state index contributed by atoms with van der Waals surface area (Å²) in [6.45, 7) is 3.03. The van der Waals surface area contributed by atoms with Crippen LogP contribution >= 0.6 is 0 Å². The molecule has 2 heterocycles. The van der Waals surface area contributed by atoms with E-state index in [2.05, 4.69) is 62.5 Å². The van der Waals surface area contributed by atoms with Gasteiger partial charge in [0.15, 0.2) is 0 Å². The molecule has 0 aliphatic rings. The number of carbonyl (C=O) groups excluding carboxylic acids is 1. The van der Waals surface area contributed by atoms with Crippen LogP contribution in [-0.2, 0) is 6.54 Å². The first-order chi connectivity index (χ1) is 17.1. The smallest absolute Gasteiger partial charge is 0.289 e. The molecule has 1 amide bonds. The Morgan fingerprint density at radius 2 is 1.86 bits per heavy atom. The molecule has 0 saturated carbocycles. The highest BCUT2D eigenvalue weighted by Gasteiger charge is 2.15. The molecule has 176 valence electrons. The third-order valence-electron chi connectivity index (χ3n) is 6.00. The Labute approximate surface area is 202 Å². The van der Waals surface area contributed by atoms with Crippen molar-refractivity contribution in [1.29, 1.82) is 0 Å². The minimum atomic E-state index is -0.398. The Kier molecular flexibility index (Phi) is 5.93. The summed E-state index contributed by atoms with van der Waals surface area (Å²) in [5.74, 6) is 0.894. The molecular weight excluding hydrogens is 442 g/mol. The molecule has 0 saturated heterocycles. The molecule has 2 N–H and O–H groups in total. The molecule has 3 aromatic carbocycles. The Bertz CT molecular complexity index is 1560. The molecule has 0 unspecified atom stereocenters. The van der Waals surface area contributed by atoms with E-state index in [1.54, 1.807) is 44.7 Å². The highest BCUT2D eigenvalue weighted by molar-refractivity contribution is 6.09. The molecule has 8 nitrogen and oxygen atoms in total.